The highest BCUT2D eigenvalue weighted by molar-refractivity contribution is 7.19. The van der Waals surface area contributed by atoms with Gasteiger partial charge in [-0.25, -0.2) is 39.9 Å². The maximum Gasteiger partial charge on any atom is 0.179 e. The van der Waals surface area contributed by atoms with Crippen LogP contribution in [0.25, 0.3) is 0 Å². The predicted octanol–water partition coefficient (Wildman–Crippen LogP) is 12.1. The zero-order valence-electron chi connectivity index (χ0n) is 41.6. The van der Waals surface area contributed by atoms with Crippen LogP contribution in [-0.2, 0) is 0 Å². The van der Waals surface area contributed by atoms with Crippen LogP contribution in [-0.4, -0.2) is 47.9 Å². The van der Waals surface area contributed by atoms with Gasteiger partial charge in [-0.2, -0.15) is 0 Å². The summed E-state index contributed by atoms with van der Waals surface area (Å²) < 4.78 is 0. The molecule has 8 aromatic heterocycles. The Morgan fingerprint density at radius 3 is 0.468 bits per heavy atom. The first-order valence-electron chi connectivity index (χ1n) is 25.1. The number of pyridine rings is 8. The Balaban J connectivity index is 1.08. The summed E-state index contributed by atoms with van der Waals surface area (Å²) >= 11 is 0. The van der Waals surface area contributed by atoms with Crippen molar-refractivity contribution in [3.05, 3.63) is 292 Å². The lowest BCUT2D eigenvalue weighted by molar-refractivity contribution is 1.13. The van der Waals surface area contributed by atoms with Crippen molar-refractivity contribution < 1.29 is 0 Å². The van der Waals surface area contributed by atoms with E-state index in [1.165, 1.54) is 0 Å². The van der Waals surface area contributed by atoms with Gasteiger partial charge in [0.05, 0.1) is 0 Å². The van der Waals surface area contributed by atoms with Crippen LogP contribution in [0.4, 0.5) is 69.3 Å². The molecule has 0 atom stereocenters. The summed E-state index contributed by atoms with van der Waals surface area (Å²) in [6, 6.07) is 83.2. The fourth-order valence-corrected chi connectivity index (χ4v) is 14.5. The van der Waals surface area contributed by atoms with E-state index >= 15 is 0 Å². The van der Waals surface area contributed by atoms with Gasteiger partial charge in [-0.05, 0) is 166 Å². The zero-order valence-corrected chi connectivity index (χ0v) is 42.6. The van der Waals surface area contributed by atoms with Crippen molar-refractivity contribution in [2.75, 3.05) is 19.6 Å². The van der Waals surface area contributed by atoms with Gasteiger partial charge in [0.2, 0.25) is 0 Å². The van der Waals surface area contributed by atoms with Crippen LogP contribution in [0.5, 0.6) is 0 Å². The molecule has 0 N–H and O–H groups in total. The molecule has 12 rings (SSSR count). The first-order valence-corrected chi connectivity index (χ1v) is 27.1. The van der Waals surface area contributed by atoms with E-state index in [9.17, 15) is 0 Å². The normalized spacial score (nSPS) is 11.1. The van der Waals surface area contributed by atoms with Gasteiger partial charge in [0.25, 0.3) is 0 Å². The zero-order chi connectivity index (χ0) is 51.6. The minimum atomic E-state index is -3.36. The highest BCUT2D eigenvalue weighted by Crippen LogP contribution is 2.36. The van der Waals surface area contributed by atoms with Crippen LogP contribution >= 0.6 is 0 Å². The van der Waals surface area contributed by atoms with E-state index in [0.29, 0.717) is 0 Å². The third-order valence-corrected chi connectivity index (χ3v) is 18.1. The molecule has 0 saturated carbocycles. The fourth-order valence-electron chi connectivity index (χ4n) is 9.86. The number of rotatable bonds is 16. The maximum absolute atomic E-state index is 4.80. The molecule has 368 valence electrons. The summed E-state index contributed by atoms with van der Waals surface area (Å²) in [5, 5.41) is 4.61. The molecule has 0 unspecified atom stereocenters. The molecule has 0 radical (unpaired) electrons. The second-order valence-corrected chi connectivity index (χ2v) is 21.6. The van der Waals surface area contributed by atoms with Crippen molar-refractivity contribution in [2.45, 2.75) is 0 Å². The molecule has 12 aromatic rings. The summed E-state index contributed by atoms with van der Waals surface area (Å²) in [6.07, 6.45) is 14.5. The lowest BCUT2D eigenvalue weighted by Gasteiger charge is -2.36. The molecule has 0 amide bonds. The standard InChI is InChI=1S/C64H48N12Si/c1-9-41-65-57(17-1)73(58-18-2-10-42-66-58)49-25-33-53(34-26-49)77(54-35-27-50(28-36-54)74(59-19-3-11-43-67-59)60-20-4-12-44-68-60,55-37-29-51(30-38-55)75(61-21-5-13-45-69-61)62-22-6-14-46-70-62)56-39-31-52(32-40-56)76(63-23-7-15-47-71-63)64-24-8-16-48-72-64/h1-48H. The quantitative estimate of drug-likeness (QED) is 0.0678. The van der Waals surface area contributed by atoms with Crippen molar-refractivity contribution in [3.8, 4) is 0 Å². The van der Waals surface area contributed by atoms with Crippen molar-refractivity contribution in [2.24, 2.45) is 0 Å². The summed E-state index contributed by atoms with van der Waals surface area (Å²) in [4.78, 5) is 46.7. The van der Waals surface area contributed by atoms with Crippen LogP contribution in [0, 0.1) is 0 Å². The number of nitrogens with zero attached hydrogens (tertiary/aromatic N) is 12. The topological polar surface area (TPSA) is 116 Å². The molecule has 0 aliphatic carbocycles. The maximum atomic E-state index is 4.80. The van der Waals surface area contributed by atoms with Crippen molar-refractivity contribution >= 4 is 98.1 Å². The third kappa shape index (κ3) is 9.64. The Morgan fingerprint density at radius 1 is 0.182 bits per heavy atom. The molecule has 0 saturated heterocycles. The van der Waals surface area contributed by atoms with E-state index in [2.05, 4.69) is 117 Å². The van der Waals surface area contributed by atoms with Gasteiger partial charge in [-0.15, -0.1) is 0 Å². The number of benzene rings is 4. The van der Waals surface area contributed by atoms with E-state index in [-0.39, 0.29) is 0 Å². The van der Waals surface area contributed by atoms with E-state index in [4.69, 9.17) is 39.9 Å². The average molecular weight is 1010 g/mol. The van der Waals surface area contributed by atoms with E-state index in [1.54, 1.807) is 0 Å². The molecular weight excluding hydrogens is 965 g/mol. The average Bonchev–Trinajstić information content (AvgIpc) is 3.52. The molecular formula is C64H48N12Si. The molecule has 12 nitrogen and oxygen atoms in total. The van der Waals surface area contributed by atoms with Gasteiger partial charge >= 0.3 is 0 Å². The minimum absolute atomic E-state index is 0.755. The molecule has 77 heavy (non-hydrogen) atoms. The van der Waals surface area contributed by atoms with Gasteiger partial charge in [0.1, 0.15) is 46.5 Å². The number of hydrogen-bond donors (Lipinski definition) is 0. The highest BCUT2D eigenvalue weighted by atomic mass is 28.3. The van der Waals surface area contributed by atoms with Crippen molar-refractivity contribution in [3.63, 3.8) is 0 Å². The van der Waals surface area contributed by atoms with Crippen LogP contribution < -0.4 is 40.3 Å². The monoisotopic (exact) mass is 1010 g/mol. The molecule has 13 heteroatoms. The lowest BCUT2D eigenvalue weighted by Crippen LogP contribution is -2.74. The summed E-state index contributed by atoms with van der Waals surface area (Å²) in [6.45, 7) is 0. The number of hydrogen-bond acceptors (Lipinski definition) is 12. The van der Waals surface area contributed by atoms with Gasteiger partial charge in [0.15, 0.2) is 8.07 Å². The molecule has 8 heterocycles. The van der Waals surface area contributed by atoms with Crippen LogP contribution in [0.3, 0.4) is 0 Å². The lowest BCUT2D eigenvalue weighted by atomic mass is 10.2. The van der Waals surface area contributed by atoms with Gasteiger partial charge in [-0.1, -0.05) is 97.1 Å². The third-order valence-electron chi connectivity index (χ3n) is 13.3. The SMILES string of the molecule is c1ccc(N(c2ccc([Si](c3ccc(N(c4ccccn4)c4ccccn4)cc3)(c3ccc(N(c4ccccn4)c4ccccn4)cc3)c3ccc(N(c4ccccn4)c4ccccn4)cc3)cc2)c2ccccn2)nc1. The smallest absolute Gasteiger partial charge is 0.179 e. The van der Waals surface area contributed by atoms with E-state index in [0.717, 1.165) is 90.0 Å². The van der Waals surface area contributed by atoms with Gasteiger partial charge in [0, 0.05) is 72.3 Å². The Bertz CT molecular complexity index is 3100. The summed E-state index contributed by atoms with van der Waals surface area (Å²) in [5.74, 6) is 6.04. The van der Waals surface area contributed by atoms with Gasteiger partial charge in [-0.3, -0.25) is 19.6 Å². The second kappa shape index (κ2) is 21.9. The van der Waals surface area contributed by atoms with Crippen LogP contribution in [0.1, 0.15) is 0 Å². The molecule has 0 aliphatic rings. The molecule has 4 aromatic carbocycles. The Morgan fingerprint density at radius 2 is 0.338 bits per heavy atom. The first kappa shape index (κ1) is 47.5. The van der Waals surface area contributed by atoms with Crippen LogP contribution in [0.2, 0.25) is 0 Å². The Kier molecular flexibility index (Phi) is 13.5. The first-order chi connectivity index (χ1) is 38.2. The summed E-state index contributed by atoms with van der Waals surface area (Å²) in [5.41, 5.74) is 3.66. The number of anilines is 12. The fraction of sp³-hybridized carbons (Fsp3) is 0. The molecule has 0 fully saturated rings. The number of aromatic nitrogens is 8. The molecule has 0 aliphatic heterocycles. The van der Waals surface area contributed by atoms with E-state index in [1.807, 2.05) is 195 Å². The second-order valence-electron chi connectivity index (χ2n) is 17.8. The molecule has 0 spiro atoms. The van der Waals surface area contributed by atoms with Gasteiger partial charge < -0.3 is 0 Å². The minimum Gasteiger partial charge on any atom is -0.279 e. The summed E-state index contributed by atoms with van der Waals surface area (Å²) in [7, 11) is -3.36. The van der Waals surface area contributed by atoms with Crippen molar-refractivity contribution in [1.29, 1.82) is 0 Å². The molecule has 0 bridgehead atoms. The van der Waals surface area contributed by atoms with E-state index < -0.39 is 8.07 Å². The van der Waals surface area contributed by atoms with Crippen molar-refractivity contribution in [1.82, 2.24) is 39.9 Å². The Hall–Kier alpha value is -10.5. The highest BCUT2D eigenvalue weighted by Gasteiger charge is 2.42. The Labute approximate surface area is 447 Å². The largest absolute Gasteiger partial charge is 0.279 e. The predicted molar refractivity (Wildman–Crippen MR) is 311 cm³/mol. The van der Waals surface area contributed by atoms with Crippen LogP contribution in [0.15, 0.2) is 292 Å².